The molecule has 3 aromatic rings. The third-order valence-corrected chi connectivity index (χ3v) is 7.60. The zero-order valence-corrected chi connectivity index (χ0v) is 19.3. The van der Waals surface area contributed by atoms with Gasteiger partial charge in [-0.3, -0.25) is 19.0 Å². The minimum absolute atomic E-state index is 0.273. The van der Waals surface area contributed by atoms with Crippen LogP contribution in [0.15, 0.2) is 54.4 Å². The molecule has 3 aromatic heterocycles. The van der Waals surface area contributed by atoms with E-state index in [1.54, 1.807) is 12.4 Å². The van der Waals surface area contributed by atoms with E-state index in [-0.39, 0.29) is 5.54 Å². The zero-order chi connectivity index (χ0) is 22.6. The molecule has 6 rings (SSSR count). The van der Waals surface area contributed by atoms with Gasteiger partial charge in [0.25, 0.3) is 0 Å². The minimum Gasteiger partial charge on any atom is -0.330 e. The van der Waals surface area contributed by atoms with Crippen LogP contribution < -0.4 is 5.32 Å². The SMILES string of the molecule is CC[C@]1(C)c2nncn2C2=CNC(n3ccnc3-c3cccnc3)=NC2(C)N1C1CCCC1. The highest BCUT2D eigenvalue weighted by atomic mass is 15.5. The first kappa shape index (κ1) is 20.3. The molecule has 0 bridgehead atoms. The average molecular weight is 444 g/mol. The van der Waals surface area contributed by atoms with Gasteiger partial charge in [-0.25, -0.2) is 9.98 Å². The molecule has 0 saturated heterocycles. The van der Waals surface area contributed by atoms with E-state index in [2.05, 4.69) is 61.9 Å². The summed E-state index contributed by atoms with van der Waals surface area (Å²) in [7, 11) is 0. The lowest BCUT2D eigenvalue weighted by molar-refractivity contribution is -0.0356. The maximum absolute atomic E-state index is 5.40. The monoisotopic (exact) mass is 443 g/mol. The zero-order valence-electron chi connectivity index (χ0n) is 19.3. The average Bonchev–Trinajstić information content (AvgIpc) is 3.61. The number of aromatic nitrogens is 6. The molecule has 0 radical (unpaired) electrons. The normalized spacial score (nSPS) is 27.5. The van der Waals surface area contributed by atoms with Crippen LogP contribution in [0.1, 0.15) is 58.7 Å². The van der Waals surface area contributed by atoms with Crippen molar-refractivity contribution in [2.24, 2.45) is 4.99 Å². The topological polar surface area (TPSA) is 89.0 Å². The van der Waals surface area contributed by atoms with Gasteiger partial charge in [-0.15, -0.1) is 10.2 Å². The molecule has 0 amide bonds. The van der Waals surface area contributed by atoms with Crippen LogP contribution in [0.25, 0.3) is 17.1 Å². The van der Waals surface area contributed by atoms with Crippen LogP contribution in [0.4, 0.5) is 0 Å². The highest BCUT2D eigenvalue weighted by Crippen LogP contribution is 2.50. The first-order chi connectivity index (χ1) is 16.1. The number of imidazole rings is 1. The second-order valence-electron chi connectivity index (χ2n) is 9.45. The van der Waals surface area contributed by atoms with Gasteiger partial charge in [0.15, 0.2) is 11.5 Å². The van der Waals surface area contributed by atoms with E-state index in [9.17, 15) is 0 Å². The molecular weight excluding hydrogens is 414 g/mol. The van der Waals surface area contributed by atoms with Gasteiger partial charge in [-0.2, -0.15) is 0 Å². The maximum Gasteiger partial charge on any atom is 0.210 e. The second kappa shape index (κ2) is 7.34. The van der Waals surface area contributed by atoms with Crippen molar-refractivity contribution in [1.82, 2.24) is 39.5 Å². The third-order valence-electron chi connectivity index (χ3n) is 7.60. The van der Waals surface area contributed by atoms with Crippen molar-refractivity contribution in [3.63, 3.8) is 0 Å². The molecule has 1 saturated carbocycles. The first-order valence-corrected chi connectivity index (χ1v) is 11.8. The van der Waals surface area contributed by atoms with Crippen molar-refractivity contribution in [2.75, 3.05) is 0 Å². The molecule has 1 unspecified atom stereocenters. The van der Waals surface area contributed by atoms with Crippen LogP contribution in [0.5, 0.6) is 0 Å². The molecule has 2 aliphatic heterocycles. The summed E-state index contributed by atoms with van der Waals surface area (Å²) in [6, 6.07) is 4.38. The molecule has 9 nitrogen and oxygen atoms in total. The number of fused-ring (bicyclic) bond motifs is 3. The lowest BCUT2D eigenvalue weighted by Crippen LogP contribution is -2.65. The van der Waals surface area contributed by atoms with Crippen LogP contribution in [-0.2, 0) is 5.54 Å². The maximum atomic E-state index is 5.40. The number of rotatable bonds is 3. The van der Waals surface area contributed by atoms with Crippen molar-refractivity contribution in [2.45, 2.75) is 70.1 Å². The Morgan fingerprint density at radius 2 is 2.00 bits per heavy atom. The van der Waals surface area contributed by atoms with E-state index in [4.69, 9.17) is 4.99 Å². The van der Waals surface area contributed by atoms with E-state index < -0.39 is 5.66 Å². The summed E-state index contributed by atoms with van der Waals surface area (Å²) in [4.78, 5) is 16.9. The van der Waals surface area contributed by atoms with Crippen LogP contribution >= 0.6 is 0 Å². The Kier molecular flexibility index (Phi) is 4.52. The van der Waals surface area contributed by atoms with Crippen LogP contribution in [0.3, 0.4) is 0 Å². The van der Waals surface area contributed by atoms with E-state index in [1.807, 2.05) is 35.4 Å². The minimum atomic E-state index is -0.577. The summed E-state index contributed by atoms with van der Waals surface area (Å²) in [6.07, 6.45) is 17.0. The van der Waals surface area contributed by atoms with Gasteiger partial charge in [0, 0.05) is 42.6 Å². The van der Waals surface area contributed by atoms with Crippen molar-refractivity contribution in [1.29, 1.82) is 0 Å². The molecule has 1 fully saturated rings. The molecule has 1 N–H and O–H groups in total. The van der Waals surface area contributed by atoms with Gasteiger partial charge in [-0.05, 0) is 45.2 Å². The lowest BCUT2D eigenvalue weighted by atomic mass is 9.84. The van der Waals surface area contributed by atoms with E-state index in [1.165, 1.54) is 25.7 Å². The van der Waals surface area contributed by atoms with Gasteiger partial charge >= 0.3 is 0 Å². The third kappa shape index (κ3) is 2.84. The highest BCUT2D eigenvalue weighted by Gasteiger charge is 2.57. The fourth-order valence-corrected chi connectivity index (χ4v) is 5.96. The van der Waals surface area contributed by atoms with Crippen LogP contribution in [-0.4, -0.2) is 51.9 Å². The molecule has 5 heterocycles. The van der Waals surface area contributed by atoms with Gasteiger partial charge in [0.2, 0.25) is 5.96 Å². The second-order valence-corrected chi connectivity index (χ2v) is 9.45. The number of nitrogens with one attached hydrogen (secondary N) is 1. The van der Waals surface area contributed by atoms with Crippen molar-refractivity contribution >= 4 is 11.7 Å². The molecule has 0 aromatic carbocycles. The van der Waals surface area contributed by atoms with Crippen molar-refractivity contribution < 1.29 is 0 Å². The molecule has 3 aliphatic rings. The number of hydrogen-bond acceptors (Lipinski definition) is 7. The van der Waals surface area contributed by atoms with Gasteiger partial charge in [-0.1, -0.05) is 19.8 Å². The molecule has 0 spiro atoms. The standard InChI is InChI=1S/C24H29N9/c1-4-23(2)21-30-28-16-32(21)19-15-27-22(29-24(19,3)33(23)18-9-5-6-10-18)31-13-12-26-20(31)17-8-7-11-25-14-17/h7-8,11-16,18H,4-6,9-10H2,1-3H3,(H,27,29)/t23-,24?/m1/s1. The van der Waals surface area contributed by atoms with Crippen molar-refractivity contribution in [3.05, 3.63) is 55.3 Å². The van der Waals surface area contributed by atoms with Gasteiger partial charge < -0.3 is 5.32 Å². The quantitative estimate of drug-likeness (QED) is 0.667. The Balaban J connectivity index is 1.52. The molecule has 2 atom stereocenters. The van der Waals surface area contributed by atoms with E-state index in [0.717, 1.165) is 35.3 Å². The number of pyridine rings is 1. The van der Waals surface area contributed by atoms with Gasteiger partial charge in [0.1, 0.15) is 12.2 Å². The number of hydrogen-bond donors (Lipinski definition) is 1. The van der Waals surface area contributed by atoms with E-state index >= 15 is 0 Å². The summed E-state index contributed by atoms with van der Waals surface area (Å²) in [5.74, 6) is 2.54. The summed E-state index contributed by atoms with van der Waals surface area (Å²) >= 11 is 0. The van der Waals surface area contributed by atoms with Crippen LogP contribution in [0, 0.1) is 0 Å². The molecule has 1 aliphatic carbocycles. The summed E-state index contributed by atoms with van der Waals surface area (Å²) in [6.45, 7) is 6.76. The van der Waals surface area contributed by atoms with Gasteiger partial charge in [0.05, 0.1) is 11.2 Å². The Morgan fingerprint density at radius 3 is 2.76 bits per heavy atom. The highest BCUT2D eigenvalue weighted by molar-refractivity contribution is 5.90. The van der Waals surface area contributed by atoms with Crippen molar-refractivity contribution in [3.8, 4) is 11.4 Å². The molecule has 9 heteroatoms. The Hall–Kier alpha value is -3.33. The smallest absolute Gasteiger partial charge is 0.210 e. The molecule has 33 heavy (non-hydrogen) atoms. The Bertz CT molecular complexity index is 1230. The summed E-state index contributed by atoms with van der Waals surface area (Å²) < 4.78 is 4.13. The predicted octanol–water partition coefficient (Wildman–Crippen LogP) is 3.44. The largest absolute Gasteiger partial charge is 0.330 e. The lowest BCUT2D eigenvalue weighted by Gasteiger charge is -2.56. The fourth-order valence-electron chi connectivity index (χ4n) is 5.96. The number of nitrogens with zero attached hydrogens (tertiary/aromatic N) is 8. The fraction of sp³-hybridized carbons (Fsp3) is 0.458. The first-order valence-electron chi connectivity index (χ1n) is 11.8. The summed E-state index contributed by atoms with van der Waals surface area (Å²) in [5.41, 5.74) is 1.14. The summed E-state index contributed by atoms with van der Waals surface area (Å²) in [5, 5.41) is 12.3. The molecule has 170 valence electrons. The Morgan fingerprint density at radius 1 is 1.15 bits per heavy atom. The van der Waals surface area contributed by atoms with E-state index in [0.29, 0.717) is 6.04 Å². The van der Waals surface area contributed by atoms with Crippen LogP contribution in [0.2, 0.25) is 0 Å². The number of aliphatic imine (C=N–C) groups is 1. The predicted molar refractivity (Wildman–Crippen MR) is 126 cm³/mol. The molecular formula is C24H29N9. The Labute approximate surface area is 193 Å².